The van der Waals surface area contributed by atoms with Crippen molar-refractivity contribution in [2.75, 3.05) is 6.61 Å². The van der Waals surface area contributed by atoms with Gasteiger partial charge >= 0.3 is 12.1 Å². The summed E-state index contributed by atoms with van der Waals surface area (Å²) >= 11 is 0. The summed E-state index contributed by atoms with van der Waals surface area (Å²) in [6.45, 7) is 3.15. The highest BCUT2D eigenvalue weighted by atomic mass is 19.4. The summed E-state index contributed by atoms with van der Waals surface area (Å²) in [6.07, 6.45) is -3.61. The molecule has 0 radical (unpaired) electrons. The van der Waals surface area contributed by atoms with E-state index >= 15 is 0 Å². The van der Waals surface area contributed by atoms with Crippen molar-refractivity contribution in [3.63, 3.8) is 0 Å². The van der Waals surface area contributed by atoms with Crippen LogP contribution in [0.5, 0.6) is 0 Å². The lowest BCUT2D eigenvalue weighted by molar-refractivity contribution is -0.332. The van der Waals surface area contributed by atoms with Crippen molar-refractivity contribution >= 4 is 5.97 Å². The lowest BCUT2D eigenvalue weighted by Crippen LogP contribution is -2.58. The van der Waals surface area contributed by atoms with Crippen LogP contribution in [-0.4, -0.2) is 18.8 Å². The molecule has 6 heteroatoms. The fraction of sp³-hybridized carbons (Fsp3) is 0.400. The number of esters is 1. The van der Waals surface area contributed by atoms with E-state index in [4.69, 9.17) is 4.74 Å². The zero-order valence-electron chi connectivity index (χ0n) is 11.6. The number of carbonyl (C=O) groups is 1. The van der Waals surface area contributed by atoms with Gasteiger partial charge < -0.3 is 9.47 Å². The Morgan fingerprint density at radius 2 is 2.00 bits per heavy atom. The van der Waals surface area contributed by atoms with E-state index < -0.39 is 23.7 Å². The Labute approximate surface area is 120 Å². The van der Waals surface area contributed by atoms with Gasteiger partial charge in [0.1, 0.15) is 5.76 Å². The van der Waals surface area contributed by atoms with Crippen molar-refractivity contribution in [2.24, 2.45) is 5.92 Å². The molecule has 1 unspecified atom stereocenters. The molecule has 1 aromatic carbocycles. The molecule has 0 aliphatic carbocycles. The van der Waals surface area contributed by atoms with Gasteiger partial charge in [-0.15, -0.1) is 0 Å². The zero-order chi connectivity index (χ0) is 15.7. The zero-order valence-corrected chi connectivity index (χ0v) is 11.6. The summed E-state index contributed by atoms with van der Waals surface area (Å²) in [5.74, 6) is -1.72. The Balaban J connectivity index is 2.34. The van der Waals surface area contributed by atoms with Gasteiger partial charge in [0.05, 0.1) is 18.6 Å². The summed E-state index contributed by atoms with van der Waals surface area (Å²) in [7, 11) is 0. The standard InChI is InChI=1S/C15H15F3O3/c1-3-20-13(19)9-12-10(2)14(21-12,15(16,17)18)11-7-5-4-6-8-11/h4-10H,3H2,1-2H3/b12-9-/t10-,14?/m0/s1. The molecule has 114 valence electrons. The number of hydrogen-bond donors (Lipinski definition) is 0. The molecule has 1 heterocycles. The minimum Gasteiger partial charge on any atom is -0.476 e. The summed E-state index contributed by atoms with van der Waals surface area (Å²) < 4.78 is 50.2. The van der Waals surface area contributed by atoms with Crippen molar-refractivity contribution in [2.45, 2.75) is 25.6 Å². The highest BCUT2D eigenvalue weighted by Crippen LogP contribution is 2.58. The van der Waals surface area contributed by atoms with Gasteiger partial charge in [0.2, 0.25) is 5.60 Å². The highest BCUT2D eigenvalue weighted by Gasteiger charge is 2.69. The van der Waals surface area contributed by atoms with Gasteiger partial charge in [0, 0.05) is 5.56 Å². The quantitative estimate of drug-likeness (QED) is 0.632. The van der Waals surface area contributed by atoms with Crippen LogP contribution >= 0.6 is 0 Å². The first kappa shape index (κ1) is 15.4. The van der Waals surface area contributed by atoms with Gasteiger partial charge in [0.15, 0.2) is 0 Å². The Morgan fingerprint density at radius 1 is 1.38 bits per heavy atom. The fourth-order valence-corrected chi connectivity index (χ4v) is 2.42. The third-order valence-electron chi connectivity index (χ3n) is 3.49. The van der Waals surface area contributed by atoms with Crippen LogP contribution in [0.15, 0.2) is 42.2 Å². The van der Waals surface area contributed by atoms with E-state index in [9.17, 15) is 18.0 Å². The number of benzene rings is 1. The second-order valence-corrected chi connectivity index (χ2v) is 4.72. The van der Waals surface area contributed by atoms with E-state index in [-0.39, 0.29) is 17.9 Å². The van der Waals surface area contributed by atoms with Gasteiger partial charge in [-0.25, -0.2) is 4.79 Å². The molecule has 0 saturated carbocycles. The molecule has 0 aromatic heterocycles. The molecule has 0 amide bonds. The van der Waals surface area contributed by atoms with E-state index in [1.54, 1.807) is 13.0 Å². The molecule has 21 heavy (non-hydrogen) atoms. The van der Waals surface area contributed by atoms with Crippen molar-refractivity contribution < 1.29 is 27.4 Å². The van der Waals surface area contributed by atoms with Gasteiger partial charge in [0.25, 0.3) is 0 Å². The molecule has 0 bridgehead atoms. The predicted molar refractivity (Wildman–Crippen MR) is 69.1 cm³/mol. The lowest BCUT2D eigenvalue weighted by atomic mass is 9.75. The second kappa shape index (κ2) is 5.42. The molecule has 1 fully saturated rings. The van der Waals surface area contributed by atoms with E-state index in [1.165, 1.54) is 31.2 Å². The van der Waals surface area contributed by atoms with Crippen LogP contribution in [0, 0.1) is 5.92 Å². The molecule has 2 rings (SSSR count). The van der Waals surface area contributed by atoms with E-state index in [0.717, 1.165) is 6.08 Å². The van der Waals surface area contributed by atoms with E-state index in [0.29, 0.717) is 0 Å². The van der Waals surface area contributed by atoms with Crippen molar-refractivity contribution in [3.05, 3.63) is 47.7 Å². The molecule has 1 aliphatic rings. The summed E-state index contributed by atoms with van der Waals surface area (Å²) in [4.78, 5) is 11.3. The summed E-state index contributed by atoms with van der Waals surface area (Å²) in [5, 5.41) is 0. The predicted octanol–water partition coefficient (Wildman–Crippen LogP) is 3.56. The first-order chi connectivity index (χ1) is 9.83. The van der Waals surface area contributed by atoms with Crippen LogP contribution in [-0.2, 0) is 19.9 Å². The van der Waals surface area contributed by atoms with Gasteiger partial charge in [-0.05, 0) is 6.92 Å². The van der Waals surface area contributed by atoms with Gasteiger partial charge in [-0.3, -0.25) is 0 Å². The number of hydrogen-bond acceptors (Lipinski definition) is 3. The number of alkyl halides is 3. The average Bonchev–Trinajstić information content (AvgIpc) is 2.42. The lowest BCUT2D eigenvalue weighted by Gasteiger charge is -2.50. The smallest absolute Gasteiger partial charge is 0.433 e. The number of ether oxygens (including phenoxy) is 2. The molecule has 1 saturated heterocycles. The molecular formula is C15H15F3O3. The first-order valence-corrected chi connectivity index (χ1v) is 6.52. The maximum atomic E-state index is 13.5. The largest absolute Gasteiger partial charge is 0.476 e. The first-order valence-electron chi connectivity index (χ1n) is 6.52. The van der Waals surface area contributed by atoms with Crippen LogP contribution in [0.3, 0.4) is 0 Å². The third-order valence-corrected chi connectivity index (χ3v) is 3.49. The third kappa shape index (κ3) is 2.50. The molecule has 2 atom stereocenters. The molecule has 3 nitrogen and oxygen atoms in total. The minimum absolute atomic E-state index is 0.0189. The van der Waals surface area contributed by atoms with Crippen LogP contribution in [0.2, 0.25) is 0 Å². The molecule has 0 N–H and O–H groups in total. The van der Waals surface area contributed by atoms with Crippen LogP contribution < -0.4 is 0 Å². The van der Waals surface area contributed by atoms with Crippen LogP contribution in [0.25, 0.3) is 0 Å². The van der Waals surface area contributed by atoms with Crippen LogP contribution in [0.1, 0.15) is 19.4 Å². The monoisotopic (exact) mass is 300 g/mol. The normalized spacial score (nSPS) is 26.9. The van der Waals surface area contributed by atoms with Crippen molar-refractivity contribution in [3.8, 4) is 0 Å². The average molecular weight is 300 g/mol. The number of carbonyl (C=O) groups excluding carboxylic acids is 1. The van der Waals surface area contributed by atoms with Crippen molar-refractivity contribution in [1.29, 1.82) is 0 Å². The SMILES string of the molecule is CCOC(=O)/C=C1\OC(c2ccccc2)(C(F)(F)F)[C@H]1C. The maximum absolute atomic E-state index is 13.5. The van der Waals surface area contributed by atoms with E-state index in [1.807, 2.05) is 0 Å². The Bertz CT molecular complexity index is 551. The van der Waals surface area contributed by atoms with Gasteiger partial charge in [-0.1, -0.05) is 37.3 Å². The summed E-state index contributed by atoms with van der Waals surface area (Å²) in [6, 6.07) is 7.40. The molecular weight excluding hydrogens is 285 g/mol. The summed E-state index contributed by atoms with van der Waals surface area (Å²) in [5.41, 5.74) is -2.39. The molecule has 1 aromatic rings. The van der Waals surface area contributed by atoms with E-state index in [2.05, 4.69) is 4.74 Å². The number of halogens is 3. The number of rotatable bonds is 3. The maximum Gasteiger partial charge on any atom is 0.433 e. The fourth-order valence-electron chi connectivity index (χ4n) is 2.42. The molecule has 1 aliphatic heterocycles. The highest BCUT2D eigenvalue weighted by molar-refractivity contribution is 5.82. The Kier molecular flexibility index (Phi) is 3.98. The second-order valence-electron chi connectivity index (χ2n) is 4.72. The Hall–Kier alpha value is -1.98. The Morgan fingerprint density at radius 3 is 2.48 bits per heavy atom. The minimum atomic E-state index is -4.58. The van der Waals surface area contributed by atoms with Gasteiger partial charge in [-0.2, -0.15) is 13.2 Å². The van der Waals surface area contributed by atoms with Crippen LogP contribution in [0.4, 0.5) is 13.2 Å². The topological polar surface area (TPSA) is 35.5 Å². The van der Waals surface area contributed by atoms with Crippen molar-refractivity contribution in [1.82, 2.24) is 0 Å². The molecule has 0 spiro atoms.